The molecule has 1 aliphatic rings. The fraction of sp³-hybridized carbons (Fsp3) is 0.375. The molecular weight excluding hydrogens is 663 g/mol. The Morgan fingerprint density at radius 1 is 0.840 bits per heavy atom. The van der Waals surface area contributed by atoms with Crippen LogP contribution in [0.5, 0.6) is 5.75 Å². The summed E-state index contributed by atoms with van der Waals surface area (Å²) >= 11 is 6.38. The van der Waals surface area contributed by atoms with Gasteiger partial charge in [0.2, 0.25) is 0 Å². The molecular formula is C40H45ClF3N3O3. The van der Waals surface area contributed by atoms with E-state index in [9.17, 15) is 18.0 Å². The summed E-state index contributed by atoms with van der Waals surface area (Å²) in [7, 11) is 0. The fourth-order valence-electron chi connectivity index (χ4n) is 6.15. The minimum atomic E-state index is -4.54. The number of ether oxygens (including phenoxy) is 2. The molecule has 6 nitrogen and oxygen atoms in total. The number of carbonyl (C=O) groups excluding carboxylic acids is 1. The highest BCUT2D eigenvalue weighted by Gasteiger charge is 2.34. The van der Waals surface area contributed by atoms with Crippen molar-refractivity contribution in [2.75, 3.05) is 50.8 Å². The van der Waals surface area contributed by atoms with Crippen molar-refractivity contribution in [3.63, 3.8) is 0 Å². The molecule has 0 unspecified atom stereocenters. The Balaban J connectivity index is 1.25. The summed E-state index contributed by atoms with van der Waals surface area (Å²) in [5, 5.41) is -0.263. The smallest absolute Gasteiger partial charge is 0.417 e. The molecule has 266 valence electrons. The summed E-state index contributed by atoms with van der Waals surface area (Å²) in [6.07, 6.45) is -4.19. The number of piperazine rings is 1. The van der Waals surface area contributed by atoms with Crippen LogP contribution in [0.2, 0.25) is 5.02 Å². The highest BCUT2D eigenvalue weighted by molar-refractivity contribution is 6.32. The number of halogens is 4. The number of anilines is 1. The third-order valence-electron chi connectivity index (χ3n) is 8.62. The first-order valence-corrected chi connectivity index (χ1v) is 17.4. The zero-order chi connectivity index (χ0) is 35.7. The molecule has 10 heteroatoms. The van der Waals surface area contributed by atoms with Gasteiger partial charge < -0.3 is 19.3 Å². The zero-order valence-corrected chi connectivity index (χ0v) is 29.6. The van der Waals surface area contributed by atoms with E-state index in [1.807, 2.05) is 81.4 Å². The van der Waals surface area contributed by atoms with Crippen LogP contribution in [0.15, 0.2) is 103 Å². The molecule has 0 aliphatic carbocycles. The maximum Gasteiger partial charge on any atom is 0.417 e. The van der Waals surface area contributed by atoms with Crippen LogP contribution < -0.4 is 9.64 Å². The van der Waals surface area contributed by atoms with Crippen LogP contribution in [0.25, 0.3) is 0 Å². The first-order chi connectivity index (χ1) is 23.9. The number of carbonyl (C=O) groups is 1. The van der Waals surface area contributed by atoms with Crippen LogP contribution in [0.4, 0.5) is 23.7 Å². The maximum atomic E-state index is 13.7. The summed E-state index contributed by atoms with van der Waals surface area (Å²) in [6, 6.07) is 32.3. The summed E-state index contributed by atoms with van der Waals surface area (Å²) < 4.78 is 52.9. The van der Waals surface area contributed by atoms with Crippen molar-refractivity contribution in [3.05, 3.63) is 130 Å². The first kappa shape index (κ1) is 37.1. The van der Waals surface area contributed by atoms with Crippen molar-refractivity contribution in [1.29, 1.82) is 0 Å². The van der Waals surface area contributed by atoms with Gasteiger partial charge in [0, 0.05) is 63.5 Å². The van der Waals surface area contributed by atoms with E-state index in [2.05, 4.69) is 34.1 Å². The number of hydrogen-bond donors (Lipinski definition) is 0. The second-order valence-electron chi connectivity index (χ2n) is 13.5. The topological polar surface area (TPSA) is 45.3 Å². The average Bonchev–Trinajstić information content (AvgIpc) is 3.09. The number of benzene rings is 4. The van der Waals surface area contributed by atoms with Gasteiger partial charge in [0.1, 0.15) is 11.4 Å². The zero-order valence-electron chi connectivity index (χ0n) is 28.8. The van der Waals surface area contributed by atoms with E-state index in [0.29, 0.717) is 57.9 Å². The van der Waals surface area contributed by atoms with Crippen molar-refractivity contribution >= 4 is 23.4 Å². The quantitative estimate of drug-likeness (QED) is 0.137. The molecule has 1 heterocycles. The largest absolute Gasteiger partial charge is 0.493 e. The summed E-state index contributed by atoms with van der Waals surface area (Å²) in [4.78, 5) is 18.6. The third kappa shape index (κ3) is 10.4. The van der Waals surface area contributed by atoms with E-state index in [1.165, 1.54) is 6.07 Å². The standard InChI is InChI=1S/C40H45ClF3N3O3/c1-39(2,3)50-38(48)47-24-22-46(23-25-47)33-18-11-19-34(27-33)49-26-12-21-45(28-32-17-10-20-36(37(32)41)40(42,43)44)29-35(30-13-6-4-7-14-30)31-15-8-5-9-16-31/h4-11,13-20,27,35H,12,21-26,28-29H2,1-3H3. The fourth-order valence-corrected chi connectivity index (χ4v) is 6.44. The predicted octanol–water partition coefficient (Wildman–Crippen LogP) is 9.52. The lowest BCUT2D eigenvalue weighted by molar-refractivity contribution is -0.137. The molecule has 5 rings (SSSR count). The van der Waals surface area contributed by atoms with Crippen molar-refractivity contribution in [1.82, 2.24) is 9.80 Å². The summed E-state index contributed by atoms with van der Waals surface area (Å²) in [5.74, 6) is 0.728. The molecule has 0 atom stereocenters. The highest BCUT2D eigenvalue weighted by Crippen LogP contribution is 2.37. The van der Waals surface area contributed by atoms with E-state index in [0.717, 1.165) is 28.6 Å². The van der Waals surface area contributed by atoms with Gasteiger partial charge in [-0.25, -0.2) is 4.79 Å². The van der Waals surface area contributed by atoms with E-state index in [1.54, 1.807) is 11.0 Å². The van der Waals surface area contributed by atoms with Crippen LogP contribution in [-0.2, 0) is 17.5 Å². The minimum absolute atomic E-state index is 0.00430. The Morgan fingerprint density at radius 3 is 2.06 bits per heavy atom. The maximum absolute atomic E-state index is 13.7. The van der Waals surface area contributed by atoms with Gasteiger partial charge >= 0.3 is 12.3 Å². The Hall–Kier alpha value is -4.21. The Kier molecular flexibility index (Phi) is 12.4. The summed E-state index contributed by atoms with van der Waals surface area (Å²) in [5.41, 5.74) is 2.34. The van der Waals surface area contributed by atoms with Crippen LogP contribution >= 0.6 is 11.6 Å². The van der Waals surface area contributed by atoms with Crippen LogP contribution in [0.3, 0.4) is 0 Å². The van der Waals surface area contributed by atoms with Crippen molar-refractivity contribution in [2.45, 2.75) is 51.4 Å². The number of nitrogens with zero attached hydrogens (tertiary/aromatic N) is 3. The Bertz CT molecular complexity index is 1630. The van der Waals surface area contributed by atoms with Crippen LogP contribution in [0.1, 0.15) is 55.4 Å². The molecule has 0 N–H and O–H groups in total. The minimum Gasteiger partial charge on any atom is -0.493 e. The molecule has 0 saturated carbocycles. The lowest BCUT2D eigenvalue weighted by Crippen LogP contribution is -2.50. The Morgan fingerprint density at radius 2 is 1.46 bits per heavy atom. The normalized spacial score (nSPS) is 13.9. The van der Waals surface area contributed by atoms with Gasteiger partial charge in [-0.3, -0.25) is 4.90 Å². The number of alkyl halides is 3. The number of rotatable bonds is 12. The highest BCUT2D eigenvalue weighted by atomic mass is 35.5. The molecule has 0 radical (unpaired) electrons. The van der Waals surface area contributed by atoms with Gasteiger partial charge in [-0.2, -0.15) is 13.2 Å². The van der Waals surface area contributed by atoms with E-state index >= 15 is 0 Å². The van der Waals surface area contributed by atoms with Gasteiger partial charge in [-0.1, -0.05) is 90.5 Å². The lowest BCUT2D eigenvalue weighted by atomic mass is 9.90. The van der Waals surface area contributed by atoms with Gasteiger partial charge in [-0.05, 0) is 62.1 Å². The predicted molar refractivity (Wildman–Crippen MR) is 193 cm³/mol. The molecule has 1 aliphatic heterocycles. The van der Waals surface area contributed by atoms with Gasteiger partial charge in [0.25, 0.3) is 0 Å². The third-order valence-corrected chi connectivity index (χ3v) is 9.07. The monoisotopic (exact) mass is 707 g/mol. The van der Waals surface area contributed by atoms with Gasteiger partial charge in [0.05, 0.1) is 17.2 Å². The van der Waals surface area contributed by atoms with Gasteiger partial charge in [-0.15, -0.1) is 0 Å². The molecule has 1 amide bonds. The number of hydrogen-bond acceptors (Lipinski definition) is 5. The van der Waals surface area contributed by atoms with E-state index < -0.39 is 17.3 Å². The van der Waals surface area contributed by atoms with E-state index in [4.69, 9.17) is 21.1 Å². The molecule has 0 spiro atoms. The SMILES string of the molecule is CC(C)(C)OC(=O)N1CCN(c2cccc(OCCCN(Cc3cccc(C(F)(F)F)c3Cl)CC(c3ccccc3)c3ccccc3)c2)CC1. The summed E-state index contributed by atoms with van der Waals surface area (Å²) in [6.45, 7) is 9.91. The molecule has 1 saturated heterocycles. The molecule has 4 aromatic rings. The van der Waals surface area contributed by atoms with Crippen LogP contribution in [-0.4, -0.2) is 67.4 Å². The van der Waals surface area contributed by atoms with Crippen LogP contribution in [0, 0.1) is 0 Å². The molecule has 50 heavy (non-hydrogen) atoms. The number of amides is 1. The second kappa shape index (κ2) is 16.7. The van der Waals surface area contributed by atoms with Crippen molar-refractivity contribution < 1.29 is 27.4 Å². The lowest BCUT2D eigenvalue weighted by Gasteiger charge is -2.36. The molecule has 1 fully saturated rings. The first-order valence-electron chi connectivity index (χ1n) is 17.0. The average molecular weight is 708 g/mol. The van der Waals surface area contributed by atoms with E-state index in [-0.39, 0.29) is 23.6 Å². The molecule has 0 aromatic heterocycles. The van der Waals surface area contributed by atoms with Crippen molar-refractivity contribution in [2.24, 2.45) is 0 Å². The molecule has 4 aromatic carbocycles. The second-order valence-corrected chi connectivity index (χ2v) is 13.9. The van der Waals surface area contributed by atoms with Gasteiger partial charge in [0.15, 0.2) is 0 Å². The van der Waals surface area contributed by atoms with Crippen molar-refractivity contribution in [3.8, 4) is 5.75 Å². The molecule has 0 bridgehead atoms. The Labute approximate surface area is 298 Å².